The van der Waals surface area contributed by atoms with Gasteiger partial charge in [-0.2, -0.15) is 0 Å². The lowest BCUT2D eigenvalue weighted by Crippen LogP contribution is -2.41. The highest BCUT2D eigenvalue weighted by atomic mass is 35.5. The molecular weight excluding hydrogens is 284 g/mol. The van der Waals surface area contributed by atoms with E-state index in [9.17, 15) is 14.9 Å². The molecule has 2 rings (SSSR count). The SMILES string of the molecule is CC1CC(NC(=O)c2cccc(Cl)c2[N+](=O)[O-])CCO1. The number of amides is 1. The van der Waals surface area contributed by atoms with Gasteiger partial charge in [0.05, 0.1) is 11.0 Å². The Morgan fingerprint density at radius 2 is 2.30 bits per heavy atom. The molecule has 1 fully saturated rings. The summed E-state index contributed by atoms with van der Waals surface area (Å²) in [5, 5.41) is 13.8. The van der Waals surface area contributed by atoms with Gasteiger partial charge in [-0.25, -0.2) is 0 Å². The fourth-order valence-corrected chi connectivity index (χ4v) is 2.52. The molecule has 1 aromatic rings. The van der Waals surface area contributed by atoms with Gasteiger partial charge < -0.3 is 10.1 Å². The molecule has 0 radical (unpaired) electrons. The van der Waals surface area contributed by atoms with Gasteiger partial charge >= 0.3 is 5.69 Å². The van der Waals surface area contributed by atoms with Crippen LogP contribution in [-0.2, 0) is 4.74 Å². The number of benzene rings is 1. The predicted octanol–water partition coefficient (Wildman–Crippen LogP) is 2.55. The second kappa shape index (κ2) is 6.19. The van der Waals surface area contributed by atoms with Crippen molar-refractivity contribution in [3.63, 3.8) is 0 Å². The topological polar surface area (TPSA) is 81.5 Å². The number of nitro groups is 1. The highest BCUT2D eigenvalue weighted by Crippen LogP contribution is 2.28. The maximum absolute atomic E-state index is 12.2. The lowest BCUT2D eigenvalue weighted by atomic mass is 10.0. The van der Waals surface area contributed by atoms with E-state index in [4.69, 9.17) is 16.3 Å². The lowest BCUT2D eigenvalue weighted by Gasteiger charge is -2.27. The number of ether oxygens (including phenoxy) is 1. The van der Waals surface area contributed by atoms with Crippen LogP contribution >= 0.6 is 11.6 Å². The van der Waals surface area contributed by atoms with Crippen LogP contribution in [0.4, 0.5) is 5.69 Å². The predicted molar refractivity (Wildman–Crippen MR) is 74.0 cm³/mol. The number of hydrogen-bond acceptors (Lipinski definition) is 4. The van der Waals surface area contributed by atoms with Crippen molar-refractivity contribution in [2.24, 2.45) is 0 Å². The first kappa shape index (κ1) is 14.7. The summed E-state index contributed by atoms with van der Waals surface area (Å²) in [6, 6.07) is 4.29. The van der Waals surface area contributed by atoms with E-state index in [1.807, 2.05) is 6.92 Å². The fraction of sp³-hybridized carbons (Fsp3) is 0.462. The zero-order chi connectivity index (χ0) is 14.7. The summed E-state index contributed by atoms with van der Waals surface area (Å²) in [5.41, 5.74) is -0.367. The van der Waals surface area contributed by atoms with Crippen molar-refractivity contribution in [1.29, 1.82) is 0 Å². The average Bonchev–Trinajstić information content (AvgIpc) is 2.37. The molecule has 0 saturated carbocycles. The zero-order valence-electron chi connectivity index (χ0n) is 11.0. The third-order valence-corrected chi connectivity index (χ3v) is 3.54. The molecule has 0 spiro atoms. The number of nitrogens with one attached hydrogen (secondary N) is 1. The second-order valence-electron chi connectivity index (χ2n) is 4.77. The monoisotopic (exact) mass is 298 g/mol. The van der Waals surface area contributed by atoms with Crippen LogP contribution in [0.3, 0.4) is 0 Å². The molecule has 1 aliphatic rings. The zero-order valence-corrected chi connectivity index (χ0v) is 11.7. The Kier molecular flexibility index (Phi) is 4.57. The van der Waals surface area contributed by atoms with Crippen LogP contribution in [0.5, 0.6) is 0 Å². The van der Waals surface area contributed by atoms with Gasteiger partial charge in [0.25, 0.3) is 5.91 Å². The van der Waals surface area contributed by atoms with Crippen molar-refractivity contribution in [1.82, 2.24) is 5.32 Å². The summed E-state index contributed by atoms with van der Waals surface area (Å²) in [7, 11) is 0. The molecule has 6 nitrogen and oxygen atoms in total. The Hall–Kier alpha value is -1.66. The Morgan fingerprint density at radius 1 is 1.55 bits per heavy atom. The number of para-hydroxylation sites is 1. The maximum atomic E-state index is 12.2. The largest absolute Gasteiger partial charge is 0.378 e. The minimum Gasteiger partial charge on any atom is -0.378 e. The van der Waals surface area contributed by atoms with Gasteiger partial charge in [-0.05, 0) is 31.9 Å². The normalized spacial score (nSPS) is 22.3. The molecule has 0 aromatic heterocycles. The number of carbonyl (C=O) groups excluding carboxylic acids is 1. The third-order valence-electron chi connectivity index (χ3n) is 3.23. The van der Waals surface area contributed by atoms with Crippen molar-refractivity contribution >= 4 is 23.2 Å². The average molecular weight is 299 g/mol. The molecule has 1 aliphatic heterocycles. The van der Waals surface area contributed by atoms with Crippen LogP contribution in [0.15, 0.2) is 18.2 Å². The highest BCUT2D eigenvalue weighted by molar-refractivity contribution is 6.33. The number of nitrogens with zero attached hydrogens (tertiary/aromatic N) is 1. The number of carbonyl (C=O) groups is 1. The first-order valence-electron chi connectivity index (χ1n) is 6.34. The summed E-state index contributed by atoms with van der Waals surface area (Å²) >= 11 is 5.79. The Balaban J connectivity index is 2.17. The van der Waals surface area contributed by atoms with Crippen LogP contribution in [0.25, 0.3) is 0 Å². The van der Waals surface area contributed by atoms with E-state index < -0.39 is 10.8 Å². The van der Waals surface area contributed by atoms with E-state index in [0.29, 0.717) is 19.4 Å². The van der Waals surface area contributed by atoms with E-state index in [1.165, 1.54) is 18.2 Å². The van der Waals surface area contributed by atoms with Gasteiger partial charge in [-0.15, -0.1) is 0 Å². The van der Waals surface area contributed by atoms with E-state index in [-0.39, 0.29) is 28.4 Å². The molecule has 108 valence electrons. The summed E-state index contributed by atoms with van der Waals surface area (Å²) in [6.45, 7) is 2.50. The lowest BCUT2D eigenvalue weighted by molar-refractivity contribution is -0.385. The fourth-order valence-electron chi connectivity index (χ4n) is 2.28. The number of halogens is 1. The first-order chi connectivity index (χ1) is 9.49. The van der Waals surface area contributed by atoms with Gasteiger partial charge in [-0.3, -0.25) is 14.9 Å². The van der Waals surface area contributed by atoms with Gasteiger partial charge in [0.1, 0.15) is 10.6 Å². The minimum atomic E-state index is -0.635. The minimum absolute atomic E-state index is 0.0124. The summed E-state index contributed by atoms with van der Waals surface area (Å²) < 4.78 is 5.40. The number of nitro benzene ring substituents is 1. The molecule has 0 aliphatic carbocycles. The van der Waals surface area contributed by atoms with E-state index >= 15 is 0 Å². The van der Waals surface area contributed by atoms with E-state index in [1.54, 1.807) is 0 Å². The molecule has 7 heteroatoms. The van der Waals surface area contributed by atoms with Crippen molar-refractivity contribution < 1.29 is 14.5 Å². The number of rotatable bonds is 3. The van der Waals surface area contributed by atoms with Gasteiger partial charge in [0, 0.05) is 12.6 Å². The van der Waals surface area contributed by atoms with Gasteiger partial charge in [-0.1, -0.05) is 17.7 Å². The van der Waals surface area contributed by atoms with Crippen LogP contribution in [0.2, 0.25) is 5.02 Å². The van der Waals surface area contributed by atoms with Crippen LogP contribution in [0.1, 0.15) is 30.1 Å². The Bertz CT molecular complexity index is 535. The number of hydrogen-bond donors (Lipinski definition) is 1. The van der Waals surface area contributed by atoms with Crippen molar-refractivity contribution in [2.45, 2.75) is 31.9 Å². The molecule has 20 heavy (non-hydrogen) atoms. The molecule has 0 bridgehead atoms. The molecule has 2 atom stereocenters. The molecule has 1 amide bonds. The standard InChI is InChI=1S/C13H15ClN2O4/c1-8-7-9(5-6-20-8)15-13(17)10-3-2-4-11(14)12(10)16(18)19/h2-4,8-9H,5-7H2,1H3,(H,15,17). The van der Waals surface area contributed by atoms with Crippen molar-refractivity contribution in [3.05, 3.63) is 38.9 Å². The van der Waals surface area contributed by atoms with Crippen LogP contribution in [-0.4, -0.2) is 29.6 Å². The summed E-state index contributed by atoms with van der Waals surface area (Å²) in [4.78, 5) is 22.6. The molecule has 2 unspecified atom stereocenters. The summed E-state index contributed by atoms with van der Waals surface area (Å²) in [6.07, 6.45) is 1.47. The maximum Gasteiger partial charge on any atom is 0.300 e. The smallest absolute Gasteiger partial charge is 0.300 e. The molecular formula is C13H15ClN2O4. The Labute approximate surface area is 121 Å². The van der Waals surface area contributed by atoms with Gasteiger partial charge in [0.2, 0.25) is 0 Å². The van der Waals surface area contributed by atoms with E-state index in [2.05, 4.69) is 5.32 Å². The van der Waals surface area contributed by atoms with Crippen LogP contribution < -0.4 is 5.32 Å². The van der Waals surface area contributed by atoms with E-state index in [0.717, 1.165) is 0 Å². The van der Waals surface area contributed by atoms with Gasteiger partial charge in [0.15, 0.2) is 0 Å². The second-order valence-corrected chi connectivity index (χ2v) is 5.18. The molecule has 1 N–H and O–H groups in total. The Morgan fingerprint density at radius 3 is 2.95 bits per heavy atom. The summed E-state index contributed by atoms with van der Waals surface area (Å²) in [5.74, 6) is -0.474. The molecule has 1 heterocycles. The van der Waals surface area contributed by atoms with Crippen molar-refractivity contribution in [2.75, 3.05) is 6.61 Å². The molecule has 1 aromatic carbocycles. The van der Waals surface area contributed by atoms with Crippen molar-refractivity contribution in [3.8, 4) is 0 Å². The third kappa shape index (κ3) is 3.26. The van der Waals surface area contributed by atoms with Crippen LogP contribution in [0, 0.1) is 10.1 Å². The first-order valence-corrected chi connectivity index (χ1v) is 6.72. The molecule has 1 saturated heterocycles. The quantitative estimate of drug-likeness (QED) is 0.687. The highest BCUT2D eigenvalue weighted by Gasteiger charge is 2.27.